The summed E-state index contributed by atoms with van der Waals surface area (Å²) in [4.78, 5) is 39.3. The van der Waals surface area contributed by atoms with Crippen molar-refractivity contribution in [3.8, 4) is 17.0 Å². The molecule has 0 radical (unpaired) electrons. The molecule has 37 heavy (non-hydrogen) atoms. The van der Waals surface area contributed by atoms with Gasteiger partial charge in [-0.2, -0.15) is 5.10 Å². The number of carbonyl (C=O) groups is 2. The summed E-state index contributed by atoms with van der Waals surface area (Å²) in [5, 5.41) is 13.5. The van der Waals surface area contributed by atoms with Crippen LogP contribution < -0.4 is 9.64 Å². The summed E-state index contributed by atoms with van der Waals surface area (Å²) in [6.45, 7) is 2.66. The van der Waals surface area contributed by atoms with Crippen LogP contribution in [0.2, 0.25) is 0 Å². The predicted molar refractivity (Wildman–Crippen MR) is 132 cm³/mol. The molecule has 0 unspecified atom stereocenters. The van der Waals surface area contributed by atoms with Crippen molar-refractivity contribution in [2.75, 3.05) is 50.8 Å². The molecule has 0 bridgehead atoms. The molecule has 5 heterocycles. The van der Waals surface area contributed by atoms with Gasteiger partial charge in [-0.05, 0) is 31.0 Å². The monoisotopic (exact) mass is 507 g/mol. The third-order valence-electron chi connectivity index (χ3n) is 6.90. The molecule has 12 heteroatoms. The minimum absolute atomic E-state index is 0.102. The lowest BCUT2D eigenvalue weighted by molar-refractivity contribution is -0.128. The number of piperazine rings is 1. The first-order valence-electron chi connectivity index (χ1n) is 12.6. The van der Waals surface area contributed by atoms with Gasteiger partial charge in [0.05, 0.1) is 31.3 Å². The third-order valence-corrected chi connectivity index (χ3v) is 6.90. The highest BCUT2D eigenvalue weighted by Gasteiger charge is 2.34. The van der Waals surface area contributed by atoms with Gasteiger partial charge < -0.3 is 29.3 Å². The van der Waals surface area contributed by atoms with Crippen LogP contribution in [0.1, 0.15) is 19.3 Å². The summed E-state index contributed by atoms with van der Waals surface area (Å²) in [5.74, 6) is 1.30. The highest BCUT2D eigenvalue weighted by Crippen LogP contribution is 2.35. The van der Waals surface area contributed by atoms with Gasteiger partial charge >= 0.3 is 6.09 Å². The summed E-state index contributed by atoms with van der Waals surface area (Å²) in [7, 11) is 0. The van der Waals surface area contributed by atoms with Crippen molar-refractivity contribution in [3.63, 3.8) is 0 Å². The van der Waals surface area contributed by atoms with Gasteiger partial charge in [0.1, 0.15) is 18.0 Å². The number of aliphatic hydroxyl groups excluding tert-OH is 1. The van der Waals surface area contributed by atoms with E-state index in [2.05, 4.69) is 15.0 Å². The summed E-state index contributed by atoms with van der Waals surface area (Å²) < 4.78 is 13.3. The zero-order valence-electron chi connectivity index (χ0n) is 20.4. The smallest absolute Gasteiger partial charge is 0.410 e. The minimum Gasteiger partial charge on any atom is -0.474 e. The van der Waals surface area contributed by atoms with E-state index in [0.717, 1.165) is 29.8 Å². The molecule has 2 saturated heterocycles. The predicted octanol–water partition coefficient (Wildman–Crippen LogP) is 1.18. The number of aromatic nitrogens is 4. The molecule has 1 saturated carbocycles. The van der Waals surface area contributed by atoms with E-state index in [1.165, 1.54) is 4.90 Å². The van der Waals surface area contributed by atoms with Crippen molar-refractivity contribution in [3.05, 3.63) is 36.8 Å². The zero-order chi connectivity index (χ0) is 25.4. The second-order valence-corrected chi connectivity index (χ2v) is 9.53. The Morgan fingerprint density at radius 3 is 2.73 bits per heavy atom. The number of ether oxygens (including phenoxy) is 2. The van der Waals surface area contributed by atoms with Crippen LogP contribution in [0.3, 0.4) is 0 Å². The second kappa shape index (κ2) is 9.85. The van der Waals surface area contributed by atoms with Gasteiger partial charge in [-0.1, -0.05) is 0 Å². The standard InChI is InChI=1S/C25H29N7O5/c33-13-12-31-16-18(14-22(31)34)37-25(35)30-10-8-29(9-11-30)21-5-7-32-23(28-21)20(15-27-32)19-2-1-6-26-24(19)36-17-3-4-17/h1-2,5-7,15,17-18,33H,3-4,8-14,16H2/t18-/m0/s1. The van der Waals surface area contributed by atoms with Crippen LogP contribution >= 0.6 is 0 Å². The van der Waals surface area contributed by atoms with Crippen LogP contribution in [-0.4, -0.2) is 105 Å². The van der Waals surface area contributed by atoms with Crippen LogP contribution in [0.25, 0.3) is 16.8 Å². The van der Waals surface area contributed by atoms with Crippen LogP contribution in [0.15, 0.2) is 36.8 Å². The van der Waals surface area contributed by atoms with Crippen LogP contribution in [-0.2, 0) is 9.53 Å². The number of hydrogen-bond acceptors (Lipinski definition) is 9. The van der Waals surface area contributed by atoms with Gasteiger partial charge in [0.2, 0.25) is 11.8 Å². The highest BCUT2D eigenvalue weighted by atomic mass is 16.6. The normalized spacial score (nSPS) is 20.1. The number of hydrogen-bond donors (Lipinski definition) is 1. The van der Waals surface area contributed by atoms with Crippen LogP contribution in [0.5, 0.6) is 5.88 Å². The molecular formula is C25H29N7O5. The molecule has 2 aliphatic heterocycles. The molecular weight excluding hydrogens is 478 g/mol. The Morgan fingerprint density at radius 1 is 1.11 bits per heavy atom. The summed E-state index contributed by atoms with van der Waals surface area (Å²) in [6.07, 6.45) is 7.00. The van der Waals surface area contributed by atoms with Crippen molar-refractivity contribution < 1.29 is 24.2 Å². The lowest BCUT2D eigenvalue weighted by Gasteiger charge is -2.35. The molecule has 1 atom stereocenters. The molecule has 3 aromatic rings. The Labute approximate surface area is 213 Å². The number of amides is 2. The van der Waals surface area contributed by atoms with Gasteiger partial charge in [-0.25, -0.2) is 19.3 Å². The number of β-amino-alcohol motifs (C(OH)–C–C–N with tert-alkyl or cyclic N) is 1. The highest BCUT2D eigenvalue weighted by molar-refractivity contribution is 5.81. The fourth-order valence-corrected chi connectivity index (χ4v) is 4.75. The summed E-state index contributed by atoms with van der Waals surface area (Å²) in [6, 6.07) is 5.77. The van der Waals surface area contributed by atoms with E-state index in [-0.39, 0.29) is 31.6 Å². The van der Waals surface area contributed by atoms with Gasteiger partial charge in [0, 0.05) is 50.7 Å². The van der Waals surface area contributed by atoms with Crippen LogP contribution in [0.4, 0.5) is 10.6 Å². The molecule has 1 aliphatic carbocycles. The molecule has 3 fully saturated rings. The number of anilines is 1. The average Bonchev–Trinajstić information content (AvgIpc) is 3.53. The molecule has 3 aliphatic rings. The Kier molecular flexibility index (Phi) is 6.25. The number of aliphatic hydroxyl groups is 1. The molecule has 2 amide bonds. The number of nitrogens with zero attached hydrogens (tertiary/aromatic N) is 7. The summed E-state index contributed by atoms with van der Waals surface area (Å²) in [5.41, 5.74) is 2.44. The fourth-order valence-electron chi connectivity index (χ4n) is 4.75. The van der Waals surface area contributed by atoms with Crippen LogP contribution in [0, 0.1) is 0 Å². The maximum atomic E-state index is 12.7. The molecule has 0 spiro atoms. The maximum absolute atomic E-state index is 12.7. The van der Waals surface area contributed by atoms with Gasteiger partial charge in [-0.3, -0.25) is 4.79 Å². The fraction of sp³-hybridized carbons (Fsp3) is 0.480. The van der Waals surface area contributed by atoms with Gasteiger partial charge in [0.15, 0.2) is 5.65 Å². The Balaban J connectivity index is 1.12. The van der Waals surface area contributed by atoms with Crippen molar-refractivity contribution in [2.45, 2.75) is 31.5 Å². The third kappa shape index (κ3) is 4.88. The van der Waals surface area contributed by atoms with E-state index < -0.39 is 12.2 Å². The van der Waals surface area contributed by atoms with Gasteiger partial charge in [0.25, 0.3) is 0 Å². The number of pyridine rings is 1. The van der Waals surface area contributed by atoms with E-state index in [1.807, 2.05) is 24.4 Å². The first-order chi connectivity index (χ1) is 18.1. The molecule has 1 N–H and O–H groups in total. The Hall–Kier alpha value is -3.93. The zero-order valence-corrected chi connectivity index (χ0v) is 20.4. The number of carbonyl (C=O) groups excluding carboxylic acids is 2. The summed E-state index contributed by atoms with van der Waals surface area (Å²) >= 11 is 0. The Bertz CT molecular complexity index is 1300. The molecule has 6 rings (SSSR count). The minimum atomic E-state index is -0.477. The molecule has 194 valence electrons. The average molecular weight is 508 g/mol. The number of likely N-dealkylation sites (tertiary alicyclic amines) is 1. The lowest BCUT2D eigenvalue weighted by atomic mass is 10.1. The molecule has 12 nitrogen and oxygen atoms in total. The van der Waals surface area contributed by atoms with Crippen molar-refractivity contribution in [1.82, 2.24) is 29.4 Å². The van der Waals surface area contributed by atoms with E-state index in [0.29, 0.717) is 44.3 Å². The van der Waals surface area contributed by atoms with Crippen molar-refractivity contribution in [2.24, 2.45) is 0 Å². The van der Waals surface area contributed by atoms with E-state index >= 15 is 0 Å². The van der Waals surface area contributed by atoms with Gasteiger partial charge in [-0.15, -0.1) is 0 Å². The maximum Gasteiger partial charge on any atom is 0.410 e. The first kappa shape index (κ1) is 23.5. The lowest BCUT2D eigenvalue weighted by Crippen LogP contribution is -2.49. The topological polar surface area (TPSA) is 126 Å². The molecule has 0 aromatic carbocycles. The van der Waals surface area contributed by atoms with Crippen molar-refractivity contribution >= 4 is 23.5 Å². The second-order valence-electron chi connectivity index (χ2n) is 9.53. The quantitative estimate of drug-likeness (QED) is 0.502. The van der Waals surface area contributed by atoms with E-state index in [1.54, 1.807) is 21.8 Å². The van der Waals surface area contributed by atoms with Crippen molar-refractivity contribution in [1.29, 1.82) is 0 Å². The Morgan fingerprint density at radius 2 is 1.95 bits per heavy atom. The number of rotatable bonds is 7. The van der Waals surface area contributed by atoms with E-state index in [4.69, 9.17) is 19.6 Å². The number of fused-ring (bicyclic) bond motifs is 1. The van der Waals surface area contributed by atoms with E-state index in [9.17, 15) is 9.59 Å². The molecule has 3 aromatic heterocycles. The largest absolute Gasteiger partial charge is 0.474 e. The SMILES string of the molecule is O=C1C[C@H](OC(=O)N2CCN(c3ccn4ncc(-c5cccnc5OC5CC5)c4n3)CC2)CN1CCO. The first-order valence-corrected chi connectivity index (χ1v) is 12.6.